The lowest BCUT2D eigenvalue weighted by molar-refractivity contribution is 0.0989. The van der Waals surface area contributed by atoms with E-state index in [1.54, 1.807) is 17.8 Å². The van der Waals surface area contributed by atoms with Gasteiger partial charge in [0.05, 0.1) is 10.6 Å². The van der Waals surface area contributed by atoms with Gasteiger partial charge in [0.15, 0.2) is 5.76 Å². The number of carbonyl (C=O) groups excluding carboxylic acids is 2. The van der Waals surface area contributed by atoms with Crippen molar-refractivity contribution < 1.29 is 14.0 Å². The van der Waals surface area contributed by atoms with Crippen molar-refractivity contribution in [1.29, 1.82) is 0 Å². The van der Waals surface area contributed by atoms with Crippen molar-refractivity contribution in [3.63, 3.8) is 0 Å². The minimum Gasteiger partial charge on any atom is -0.451 e. The largest absolute Gasteiger partial charge is 0.451 e. The first kappa shape index (κ1) is 21.3. The third kappa shape index (κ3) is 4.71. The molecule has 0 saturated carbocycles. The molecule has 0 aliphatic carbocycles. The number of rotatable bonds is 6. The molecule has 5 nitrogen and oxygen atoms in total. The zero-order valence-electron chi connectivity index (χ0n) is 16.0. The van der Waals surface area contributed by atoms with Gasteiger partial charge < -0.3 is 15.5 Å². The molecule has 0 fully saturated rings. The molecule has 4 rings (SSSR count). The Labute approximate surface area is 192 Å². The van der Waals surface area contributed by atoms with Gasteiger partial charge in [-0.3, -0.25) is 9.59 Å². The van der Waals surface area contributed by atoms with Crippen LogP contribution in [0.2, 0.25) is 10.0 Å². The molecule has 1 aromatic heterocycles. The number of fused-ring (bicyclic) bond motifs is 1. The summed E-state index contributed by atoms with van der Waals surface area (Å²) in [6.07, 6.45) is 0. The zero-order chi connectivity index (χ0) is 22.0. The summed E-state index contributed by atoms with van der Waals surface area (Å²) >= 11 is 13.5. The third-order valence-corrected chi connectivity index (χ3v) is 6.21. The number of benzene rings is 3. The van der Waals surface area contributed by atoms with E-state index in [9.17, 15) is 9.59 Å². The molecule has 1 heterocycles. The Morgan fingerprint density at radius 1 is 1.00 bits per heavy atom. The molecule has 31 heavy (non-hydrogen) atoms. The molecule has 3 N–H and O–H groups in total. The van der Waals surface area contributed by atoms with Gasteiger partial charge in [-0.1, -0.05) is 41.4 Å². The van der Waals surface area contributed by atoms with Gasteiger partial charge in [-0.2, -0.15) is 0 Å². The lowest BCUT2D eigenvalue weighted by Crippen LogP contribution is -2.15. The van der Waals surface area contributed by atoms with Crippen LogP contribution in [0.15, 0.2) is 76.0 Å². The summed E-state index contributed by atoms with van der Waals surface area (Å²) in [5.41, 5.74) is 7.25. The van der Waals surface area contributed by atoms with E-state index < -0.39 is 11.8 Å². The summed E-state index contributed by atoms with van der Waals surface area (Å²) in [5.74, 6) is -0.377. The Morgan fingerprint density at radius 3 is 2.48 bits per heavy atom. The molecule has 3 aromatic carbocycles. The van der Waals surface area contributed by atoms with Crippen LogP contribution in [0.25, 0.3) is 11.0 Å². The highest BCUT2D eigenvalue weighted by atomic mass is 35.5. The van der Waals surface area contributed by atoms with E-state index in [2.05, 4.69) is 5.32 Å². The maximum absolute atomic E-state index is 13.0. The van der Waals surface area contributed by atoms with Gasteiger partial charge in [0.1, 0.15) is 5.58 Å². The van der Waals surface area contributed by atoms with Crippen LogP contribution in [0.5, 0.6) is 0 Å². The number of hydrogen-bond donors (Lipinski definition) is 2. The van der Waals surface area contributed by atoms with Gasteiger partial charge in [0.2, 0.25) is 5.91 Å². The Bertz CT molecular complexity index is 1290. The molecule has 0 spiro atoms. The molecule has 4 aromatic rings. The van der Waals surface area contributed by atoms with Gasteiger partial charge in [-0.15, -0.1) is 11.8 Å². The molecule has 0 aliphatic rings. The minimum absolute atomic E-state index is 0.127. The molecular weight excluding hydrogens is 455 g/mol. The van der Waals surface area contributed by atoms with Gasteiger partial charge in [0, 0.05) is 32.3 Å². The summed E-state index contributed by atoms with van der Waals surface area (Å²) in [7, 11) is 0. The number of nitrogens with one attached hydrogen (secondary N) is 1. The maximum Gasteiger partial charge on any atom is 0.291 e. The Hall–Kier alpha value is -2.93. The van der Waals surface area contributed by atoms with E-state index in [1.165, 1.54) is 12.1 Å². The van der Waals surface area contributed by atoms with E-state index in [-0.39, 0.29) is 16.3 Å². The van der Waals surface area contributed by atoms with Crippen molar-refractivity contribution in [2.75, 3.05) is 5.32 Å². The Balaban J connectivity index is 1.64. The molecule has 0 aliphatic heterocycles. The molecule has 0 radical (unpaired) electrons. The first-order chi connectivity index (χ1) is 14.9. The van der Waals surface area contributed by atoms with Crippen LogP contribution < -0.4 is 11.1 Å². The molecule has 156 valence electrons. The van der Waals surface area contributed by atoms with Crippen LogP contribution in [0.4, 0.5) is 5.69 Å². The number of carbonyl (C=O) groups is 2. The second kappa shape index (κ2) is 9.06. The summed E-state index contributed by atoms with van der Waals surface area (Å²) in [6, 6.07) is 19.5. The normalized spacial score (nSPS) is 10.9. The number of para-hydroxylation sites is 1. The van der Waals surface area contributed by atoms with Gasteiger partial charge in [-0.25, -0.2) is 0 Å². The van der Waals surface area contributed by atoms with Gasteiger partial charge in [0.25, 0.3) is 5.91 Å². The third-order valence-electron chi connectivity index (χ3n) is 4.59. The fourth-order valence-electron chi connectivity index (χ4n) is 3.09. The number of anilines is 1. The van der Waals surface area contributed by atoms with E-state index in [0.29, 0.717) is 22.0 Å². The minimum atomic E-state index is -0.676. The monoisotopic (exact) mass is 470 g/mol. The number of furan rings is 1. The highest BCUT2D eigenvalue weighted by molar-refractivity contribution is 7.98. The van der Waals surface area contributed by atoms with Crippen LogP contribution in [0.3, 0.4) is 0 Å². The second-order valence-electron chi connectivity index (χ2n) is 6.66. The molecule has 0 bridgehead atoms. The lowest BCUT2D eigenvalue weighted by Gasteiger charge is -2.08. The van der Waals surface area contributed by atoms with Crippen LogP contribution in [0.1, 0.15) is 26.5 Å². The van der Waals surface area contributed by atoms with Crippen molar-refractivity contribution in [3.8, 4) is 0 Å². The van der Waals surface area contributed by atoms with Crippen LogP contribution >= 0.6 is 35.0 Å². The van der Waals surface area contributed by atoms with Crippen molar-refractivity contribution in [1.82, 2.24) is 0 Å². The second-order valence-corrected chi connectivity index (χ2v) is 8.55. The number of halogens is 2. The summed E-state index contributed by atoms with van der Waals surface area (Å²) in [4.78, 5) is 25.6. The van der Waals surface area contributed by atoms with Crippen LogP contribution in [0, 0.1) is 0 Å². The fourth-order valence-corrected chi connectivity index (χ4v) is 4.35. The topological polar surface area (TPSA) is 85.3 Å². The van der Waals surface area contributed by atoms with Crippen molar-refractivity contribution in [2.45, 2.75) is 10.6 Å². The maximum atomic E-state index is 13.0. The first-order valence-corrected chi connectivity index (χ1v) is 11.0. The highest BCUT2D eigenvalue weighted by Gasteiger charge is 2.21. The van der Waals surface area contributed by atoms with E-state index in [4.69, 9.17) is 33.4 Å². The number of hydrogen-bond acceptors (Lipinski definition) is 4. The predicted octanol–water partition coefficient (Wildman–Crippen LogP) is 6.38. The average molecular weight is 471 g/mol. The number of primary amides is 1. The van der Waals surface area contributed by atoms with E-state index in [1.807, 2.05) is 48.5 Å². The quantitative estimate of drug-likeness (QED) is 0.320. The standard InChI is InChI=1S/C23H16Cl2N2O3S/c24-13-5-8-15(9-6-13)31-12-18-16-3-1-2-4-20(16)30-21(18)23(29)27-14-7-10-19(25)17(11-14)22(26)28/h1-11H,12H2,(H2,26,28)(H,27,29). The summed E-state index contributed by atoms with van der Waals surface area (Å²) in [6.45, 7) is 0. The number of thioether (sulfide) groups is 1. The SMILES string of the molecule is NC(=O)c1cc(NC(=O)c2oc3ccccc3c2CSc2ccc(Cl)cc2)ccc1Cl. The molecule has 0 atom stereocenters. The number of nitrogens with two attached hydrogens (primary N) is 1. The Kier molecular flexibility index (Phi) is 6.23. The average Bonchev–Trinajstić information content (AvgIpc) is 3.13. The smallest absolute Gasteiger partial charge is 0.291 e. The lowest BCUT2D eigenvalue weighted by atomic mass is 10.1. The van der Waals surface area contributed by atoms with E-state index >= 15 is 0 Å². The summed E-state index contributed by atoms with van der Waals surface area (Å²) < 4.78 is 5.88. The molecule has 0 saturated heterocycles. The fraction of sp³-hybridized carbons (Fsp3) is 0.0435. The first-order valence-electron chi connectivity index (χ1n) is 9.22. The van der Waals surface area contributed by atoms with Gasteiger partial charge >= 0.3 is 0 Å². The van der Waals surface area contributed by atoms with Crippen LogP contribution in [-0.4, -0.2) is 11.8 Å². The van der Waals surface area contributed by atoms with E-state index in [0.717, 1.165) is 15.8 Å². The Morgan fingerprint density at radius 2 is 1.74 bits per heavy atom. The molecular formula is C23H16Cl2N2O3S. The van der Waals surface area contributed by atoms with Crippen molar-refractivity contribution >= 4 is 63.4 Å². The molecule has 2 amide bonds. The number of amides is 2. The summed E-state index contributed by atoms with van der Waals surface area (Å²) in [5, 5.41) is 4.51. The predicted molar refractivity (Wildman–Crippen MR) is 125 cm³/mol. The highest BCUT2D eigenvalue weighted by Crippen LogP contribution is 2.33. The van der Waals surface area contributed by atoms with Crippen molar-refractivity contribution in [3.05, 3.63) is 93.7 Å². The molecule has 0 unspecified atom stereocenters. The van der Waals surface area contributed by atoms with Crippen LogP contribution in [-0.2, 0) is 5.75 Å². The van der Waals surface area contributed by atoms with Gasteiger partial charge in [-0.05, 0) is 48.5 Å². The zero-order valence-corrected chi connectivity index (χ0v) is 18.4. The van der Waals surface area contributed by atoms with Crippen molar-refractivity contribution in [2.24, 2.45) is 5.73 Å². The molecule has 8 heteroatoms.